The van der Waals surface area contributed by atoms with Crippen molar-refractivity contribution < 1.29 is 0 Å². The largest absolute Gasteiger partial charge is 0.313 e. The van der Waals surface area contributed by atoms with Crippen LogP contribution in [0.2, 0.25) is 0 Å². The van der Waals surface area contributed by atoms with Crippen molar-refractivity contribution >= 4 is 0 Å². The highest BCUT2D eigenvalue weighted by atomic mass is 15.2. The molecule has 1 heterocycles. The third kappa shape index (κ3) is 2.94. The number of nitrogens with one attached hydrogen (secondary N) is 1. The Hall–Kier alpha value is -0.830. The molecule has 3 rings (SSSR count). The first-order chi connectivity index (χ1) is 8.76. The van der Waals surface area contributed by atoms with Crippen molar-refractivity contribution in [3.63, 3.8) is 0 Å². The number of hydrogen-bond acceptors (Lipinski definition) is 2. The molecule has 0 radical (unpaired) electrons. The van der Waals surface area contributed by atoms with Crippen LogP contribution in [0.3, 0.4) is 0 Å². The maximum atomic E-state index is 4.58. The van der Waals surface area contributed by atoms with E-state index in [1.807, 2.05) is 11.7 Å². The van der Waals surface area contributed by atoms with Crippen LogP contribution in [-0.2, 0) is 13.5 Å². The van der Waals surface area contributed by atoms with Gasteiger partial charge in [-0.05, 0) is 43.6 Å². The van der Waals surface area contributed by atoms with Crippen LogP contribution >= 0.6 is 0 Å². The summed E-state index contributed by atoms with van der Waals surface area (Å²) in [6.07, 6.45) is 13.0. The molecule has 0 saturated heterocycles. The Morgan fingerprint density at radius 3 is 2.72 bits per heavy atom. The van der Waals surface area contributed by atoms with Gasteiger partial charge in [0.15, 0.2) is 0 Å². The molecule has 0 unspecified atom stereocenters. The summed E-state index contributed by atoms with van der Waals surface area (Å²) in [4.78, 5) is 0. The summed E-state index contributed by atoms with van der Waals surface area (Å²) in [5, 5.41) is 8.34. The Balaban J connectivity index is 1.66. The molecular formula is C15H25N3. The molecule has 2 saturated carbocycles. The number of aryl methyl sites for hydroxylation is 1. The highest BCUT2D eigenvalue weighted by Gasteiger charge is 2.34. The van der Waals surface area contributed by atoms with Crippen molar-refractivity contribution in [2.24, 2.45) is 12.5 Å². The van der Waals surface area contributed by atoms with Gasteiger partial charge in [0, 0.05) is 25.8 Å². The van der Waals surface area contributed by atoms with Crippen LogP contribution in [0.5, 0.6) is 0 Å². The second kappa shape index (κ2) is 5.04. The fourth-order valence-electron chi connectivity index (χ4n) is 3.31. The number of nitrogens with zero attached hydrogens (tertiary/aromatic N) is 2. The van der Waals surface area contributed by atoms with E-state index in [1.54, 1.807) is 0 Å². The summed E-state index contributed by atoms with van der Waals surface area (Å²) < 4.78 is 1.93. The lowest BCUT2D eigenvalue weighted by atomic mass is 9.71. The fourth-order valence-corrected chi connectivity index (χ4v) is 3.31. The molecule has 3 heteroatoms. The fraction of sp³-hybridized carbons (Fsp3) is 0.800. The molecule has 0 atom stereocenters. The first kappa shape index (κ1) is 12.2. The predicted octanol–water partition coefficient (Wildman–Crippen LogP) is 2.67. The third-order valence-electron chi connectivity index (χ3n) is 4.58. The molecule has 0 spiro atoms. The maximum Gasteiger partial charge on any atom is 0.0630 e. The molecule has 0 aromatic carbocycles. The Kier molecular flexibility index (Phi) is 3.42. The van der Waals surface area contributed by atoms with E-state index < -0.39 is 0 Å². The second-order valence-electron chi connectivity index (χ2n) is 6.37. The topological polar surface area (TPSA) is 29.9 Å². The molecule has 0 amide bonds. The van der Waals surface area contributed by atoms with Gasteiger partial charge in [-0.15, -0.1) is 0 Å². The van der Waals surface area contributed by atoms with E-state index in [1.165, 1.54) is 57.2 Å². The lowest BCUT2D eigenvalue weighted by molar-refractivity contribution is 0.178. The van der Waals surface area contributed by atoms with Crippen molar-refractivity contribution in [2.75, 3.05) is 6.54 Å². The summed E-state index contributed by atoms with van der Waals surface area (Å²) in [6, 6.07) is 3.01. The zero-order valence-electron chi connectivity index (χ0n) is 11.5. The third-order valence-corrected chi connectivity index (χ3v) is 4.58. The predicted molar refractivity (Wildman–Crippen MR) is 73.5 cm³/mol. The molecule has 100 valence electrons. The second-order valence-corrected chi connectivity index (χ2v) is 6.37. The quantitative estimate of drug-likeness (QED) is 0.867. The van der Waals surface area contributed by atoms with E-state index in [9.17, 15) is 0 Å². The van der Waals surface area contributed by atoms with Crippen LogP contribution in [0.15, 0.2) is 12.3 Å². The van der Waals surface area contributed by atoms with Gasteiger partial charge < -0.3 is 5.32 Å². The van der Waals surface area contributed by atoms with Gasteiger partial charge in [-0.1, -0.05) is 19.3 Å². The van der Waals surface area contributed by atoms with Gasteiger partial charge in [0.2, 0.25) is 0 Å². The lowest BCUT2D eigenvalue weighted by Crippen LogP contribution is -2.39. The van der Waals surface area contributed by atoms with Gasteiger partial charge in [-0.2, -0.15) is 5.10 Å². The van der Waals surface area contributed by atoms with Crippen molar-refractivity contribution in [1.82, 2.24) is 15.1 Å². The molecule has 0 aliphatic heterocycles. The van der Waals surface area contributed by atoms with Crippen LogP contribution in [-0.4, -0.2) is 22.4 Å². The van der Waals surface area contributed by atoms with Gasteiger partial charge in [-0.25, -0.2) is 0 Å². The minimum absolute atomic E-state index is 0.481. The zero-order valence-corrected chi connectivity index (χ0v) is 11.5. The average molecular weight is 247 g/mol. The minimum atomic E-state index is 0.481. The molecule has 2 aliphatic rings. The van der Waals surface area contributed by atoms with Crippen LogP contribution in [0.25, 0.3) is 0 Å². The molecule has 3 nitrogen and oxygen atoms in total. The first-order valence-corrected chi connectivity index (χ1v) is 7.48. The molecule has 1 N–H and O–H groups in total. The maximum absolute atomic E-state index is 4.58. The van der Waals surface area contributed by atoms with E-state index >= 15 is 0 Å². The smallest absolute Gasteiger partial charge is 0.0630 e. The van der Waals surface area contributed by atoms with Crippen LogP contribution in [0.4, 0.5) is 0 Å². The first-order valence-electron chi connectivity index (χ1n) is 7.48. The van der Waals surface area contributed by atoms with Gasteiger partial charge in [0.25, 0.3) is 0 Å². The molecular weight excluding hydrogens is 222 g/mol. The molecule has 1 aromatic rings. The van der Waals surface area contributed by atoms with Crippen LogP contribution in [0, 0.1) is 5.41 Å². The van der Waals surface area contributed by atoms with E-state index in [0.717, 1.165) is 12.5 Å². The molecule has 1 aromatic heterocycles. The van der Waals surface area contributed by atoms with Crippen LogP contribution < -0.4 is 5.32 Å². The lowest BCUT2D eigenvalue weighted by Gasteiger charge is -2.37. The van der Waals surface area contributed by atoms with E-state index in [-0.39, 0.29) is 0 Å². The van der Waals surface area contributed by atoms with Crippen molar-refractivity contribution in [3.05, 3.63) is 18.0 Å². The summed E-state index contributed by atoms with van der Waals surface area (Å²) in [5.41, 5.74) is 1.76. The normalized spacial score (nSPS) is 23.2. The molecule has 18 heavy (non-hydrogen) atoms. The Bertz CT molecular complexity index is 386. The average Bonchev–Trinajstić information content (AvgIpc) is 3.12. The molecule has 2 fully saturated rings. The summed E-state index contributed by atoms with van der Waals surface area (Å²) in [6.45, 7) is 1.20. The SMILES string of the molecule is Cn1ccc(CC2(CNC3CC3)CCCCC2)n1. The Labute approximate surface area is 110 Å². The number of hydrogen-bond donors (Lipinski definition) is 1. The molecule has 2 aliphatic carbocycles. The van der Waals surface area contributed by atoms with Gasteiger partial charge in [0.1, 0.15) is 0 Å². The summed E-state index contributed by atoms with van der Waals surface area (Å²) in [5.74, 6) is 0. The van der Waals surface area contributed by atoms with Gasteiger partial charge in [0.05, 0.1) is 5.69 Å². The van der Waals surface area contributed by atoms with Crippen LogP contribution in [0.1, 0.15) is 50.6 Å². The van der Waals surface area contributed by atoms with Gasteiger partial charge in [-0.3, -0.25) is 4.68 Å². The van der Waals surface area contributed by atoms with E-state index in [4.69, 9.17) is 0 Å². The number of rotatable bonds is 5. The van der Waals surface area contributed by atoms with Crippen molar-refractivity contribution in [3.8, 4) is 0 Å². The highest BCUT2D eigenvalue weighted by Crippen LogP contribution is 2.39. The van der Waals surface area contributed by atoms with E-state index in [0.29, 0.717) is 5.41 Å². The summed E-state index contributed by atoms with van der Waals surface area (Å²) >= 11 is 0. The van der Waals surface area contributed by atoms with Crippen molar-refractivity contribution in [1.29, 1.82) is 0 Å². The monoisotopic (exact) mass is 247 g/mol. The Morgan fingerprint density at radius 1 is 1.33 bits per heavy atom. The highest BCUT2D eigenvalue weighted by molar-refractivity contribution is 5.05. The molecule has 0 bridgehead atoms. The number of aromatic nitrogens is 2. The minimum Gasteiger partial charge on any atom is -0.313 e. The van der Waals surface area contributed by atoms with E-state index in [2.05, 4.69) is 22.7 Å². The van der Waals surface area contributed by atoms with Gasteiger partial charge >= 0.3 is 0 Å². The van der Waals surface area contributed by atoms with Crippen molar-refractivity contribution in [2.45, 2.75) is 57.4 Å². The summed E-state index contributed by atoms with van der Waals surface area (Å²) in [7, 11) is 2.01. The Morgan fingerprint density at radius 2 is 2.11 bits per heavy atom. The zero-order chi connectivity index (χ0) is 12.4. The standard InChI is InChI=1S/C15H25N3/c1-18-10-7-14(17-18)11-15(8-3-2-4-9-15)12-16-13-5-6-13/h7,10,13,16H,2-6,8-9,11-12H2,1H3.